The number of allylic oxidation sites excluding steroid dienone is 3. The highest BCUT2D eigenvalue weighted by atomic mass is 79.9. The summed E-state index contributed by atoms with van der Waals surface area (Å²) in [6.45, 7) is 12.1. The molecule has 134 valence electrons. The molecule has 0 aromatic carbocycles. The van der Waals surface area contributed by atoms with E-state index in [0.717, 1.165) is 24.0 Å². The zero-order chi connectivity index (χ0) is 18.4. The molecule has 3 saturated carbocycles. The fourth-order valence-electron chi connectivity index (χ4n) is 6.29. The van der Waals surface area contributed by atoms with Gasteiger partial charge in [-0.1, -0.05) is 48.5 Å². The van der Waals surface area contributed by atoms with Crippen LogP contribution in [-0.2, 0) is 9.59 Å². The van der Waals surface area contributed by atoms with Gasteiger partial charge in [-0.25, -0.2) is 4.39 Å². The fraction of sp³-hybridized carbons (Fsp3) is 0.619. The van der Waals surface area contributed by atoms with Crippen molar-refractivity contribution in [3.05, 3.63) is 36.0 Å². The molecule has 0 bridgehead atoms. The SMILES string of the molecule is C=C1C(=C)[C@H]2[C@@H]3CCC4=CC(=O)CC[C@]4(C)[C@]3(Br)C(F)C[C@]2(C)C1=O. The highest BCUT2D eigenvalue weighted by Crippen LogP contribution is 2.71. The van der Waals surface area contributed by atoms with Crippen LogP contribution >= 0.6 is 15.9 Å². The molecule has 6 atom stereocenters. The average molecular weight is 407 g/mol. The number of halogens is 2. The summed E-state index contributed by atoms with van der Waals surface area (Å²) in [5.74, 6) is 0.0131. The number of Topliss-reactive ketones (excluding diaryl/α,β-unsaturated/α-hetero) is 1. The first kappa shape index (κ1) is 17.4. The summed E-state index contributed by atoms with van der Waals surface area (Å²) >= 11 is 3.87. The molecule has 3 fully saturated rings. The van der Waals surface area contributed by atoms with E-state index in [9.17, 15) is 9.59 Å². The van der Waals surface area contributed by atoms with E-state index in [1.807, 2.05) is 6.92 Å². The maximum absolute atomic E-state index is 15.8. The van der Waals surface area contributed by atoms with Crippen LogP contribution in [0.15, 0.2) is 36.0 Å². The third-order valence-corrected chi connectivity index (χ3v) is 9.69. The number of hydrogen-bond acceptors (Lipinski definition) is 2. The second kappa shape index (κ2) is 5.03. The first-order chi connectivity index (χ1) is 11.6. The molecular formula is C21H24BrFO2. The largest absolute Gasteiger partial charge is 0.295 e. The summed E-state index contributed by atoms with van der Waals surface area (Å²) in [6.07, 6.45) is 3.45. The van der Waals surface area contributed by atoms with Gasteiger partial charge in [-0.2, -0.15) is 0 Å². The molecule has 25 heavy (non-hydrogen) atoms. The monoisotopic (exact) mass is 406 g/mol. The Morgan fingerprint density at radius 3 is 2.60 bits per heavy atom. The van der Waals surface area contributed by atoms with E-state index < -0.39 is 21.3 Å². The van der Waals surface area contributed by atoms with Crippen molar-refractivity contribution in [3.8, 4) is 0 Å². The normalized spacial score (nSPS) is 49.4. The number of rotatable bonds is 0. The molecule has 4 aliphatic carbocycles. The quantitative estimate of drug-likeness (QED) is 0.424. The van der Waals surface area contributed by atoms with Gasteiger partial charge >= 0.3 is 0 Å². The molecule has 0 aromatic rings. The van der Waals surface area contributed by atoms with Gasteiger partial charge in [-0.15, -0.1) is 0 Å². The number of fused-ring (bicyclic) bond motifs is 5. The lowest BCUT2D eigenvalue weighted by atomic mass is 9.46. The molecular weight excluding hydrogens is 383 g/mol. The highest BCUT2D eigenvalue weighted by molar-refractivity contribution is 9.10. The van der Waals surface area contributed by atoms with Crippen molar-refractivity contribution in [1.29, 1.82) is 0 Å². The third-order valence-electron chi connectivity index (χ3n) is 7.73. The lowest BCUT2D eigenvalue weighted by Crippen LogP contribution is -2.65. The Labute approximate surface area is 156 Å². The summed E-state index contributed by atoms with van der Waals surface area (Å²) in [6, 6.07) is 0. The Bertz CT molecular complexity index is 768. The molecule has 0 aliphatic heterocycles. The predicted octanol–water partition coefficient (Wildman–Crippen LogP) is 4.89. The van der Waals surface area contributed by atoms with Gasteiger partial charge in [-0.05, 0) is 43.3 Å². The van der Waals surface area contributed by atoms with Crippen LogP contribution in [0.2, 0.25) is 0 Å². The van der Waals surface area contributed by atoms with Gasteiger partial charge < -0.3 is 0 Å². The first-order valence-electron chi connectivity index (χ1n) is 9.07. The van der Waals surface area contributed by atoms with Crippen LogP contribution < -0.4 is 0 Å². The van der Waals surface area contributed by atoms with Gasteiger partial charge in [0, 0.05) is 28.7 Å². The number of hydrogen-bond donors (Lipinski definition) is 0. The van der Waals surface area contributed by atoms with E-state index in [1.54, 1.807) is 6.08 Å². The van der Waals surface area contributed by atoms with Crippen LogP contribution in [0.1, 0.15) is 46.0 Å². The van der Waals surface area contributed by atoms with Crippen LogP contribution in [0.3, 0.4) is 0 Å². The van der Waals surface area contributed by atoms with Gasteiger partial charge in [0.1, 0.15) is 6.17 Å². The number of carbonyl (C=O) groups is 2. The maximum Gasteiger partial charge on any atom is 0.169 e. The van der Waals surface area contributed by atoms with E-state index in [0.29, 0.717) is 18.4 Å². The molecule has 0 amide bonds. The van der Waals surface area contributed by atoms with Gasteiger partial charge in [0.25, 0.3) is 0 Å². The molecule has 1 unspecified atom stereocenters. The molecule has 4 rings (SSSR count). The van der Waals surface area contributed by atoms with Crippen molar-refractivity contribution in [2.75, 3.05) is 0 Å². The Balaban J connectivity index is 1.88. The van der Waals surface area contributed by atoms with Crippen LogP contribution in [0.4, 0.5) is 4.39 Å². The summed E-state index contributed by atoms with van der Waals surface area (Å²) < 4.78 is 15.0. The van der Waals surface area contributed by atoms with Crippen molar-refractivity contribution < 1.29 is 14.0 Å². The van der Waals surface area contributed by atoms with E-state index in [-0.39, 0.29) is 29.8 Å². The average Bonchev–Trinajstić information content (AvgIpc) is 2.71. The summed E-state index contributed by atoms with van der Waals surface area (Å²) in [5, 5.41) is 0. The van der Waals surface area contributed by atoms with Gasteiger partial charge in [0.15, 0.2) is 11.6 Å². The van der Waals surface area contributed by atoms with E-state index >= 15 is 4.39 Å². The number of alkyl halides is 2. The Morgan fingerprint density at radius 1 is 1.24 bits per heavy atom. The second-order valence-electron chi connectivity index (χ2n) is 8.78. The van der Waals surface area contributed by atoms with Crippen LogP contribution in [0.25, 0.3) is 0 Å². The molecule has 2 nitrogen and oxygen atoms in total. The van der Waals surface area contributed by atoms with Gasteiger partial charge in [0.2, 0.25) is 0 Å². The Kier molecular flexibility index (Phi) is 3.50. The standard InChI is InChI=1S/C21H24BrFO2/c1-11-12(2)18(25)19(3)10-16(23)21(22)15(17(11)19)6-5-13-9-14(24)7-8-20(13,21)4/h9,15-17H,1-2,5-8,10H2,3-4H3/t15-,16?,17-,19-,20-,21+/m0/s1. The minimum Gasteiger partial charge on any atom is -0.295 e. The number of ketones is 2. The topological polar surface area (TPSA) is 34.1 Å². The van der Waals surface area contributed by atoms with Gasteiger partial charge in [-0.3, -0.25) is 9.59 Å². The van der Waals surface area contributed by atoms with Crippen molar-refractivity contribution in [2.45, 2.75) is 56.4 Å². The van der Waals surface area contributed by atoms with E-state index in [2.05, 4.69) is 36.0 Å². The minimum atomic E-state index is -1.15. The molecule has 4 heteroatoms. The summed E-state index contributed by atoms with van der Waals surface area (Å²) in [4.78, 5) is 24.7. The molecule has 0 radical (unpaired) electrons. The maximum atomic E-state index is 15.8. The minimum absolute atomic E-state index is 0.0210. The smallest absolute Gasteiger partial charge is 0.169 e. The van der Waals surface area contributed by atoms with Crippen molar-refractivity contribution in [2.24, 2.45) is 22.7 Å². The zero-order valence-corrected chi connectivity index (χ0v) is 16.4. The summed E-state index contributed by atoms with van der Waals surface area (Å²) in [7, 11) is 0. The predicted molar refractivity (Wildman–Crippen MR) is 99.2 cm³/mol. The van der Waals surface area contributed by atoms with Crippen LogP contribution in [-0.4, -0.2) is 22.1 Å². The van der Waals surface area contributed by atoms with Crippen LogP contribution in [0, 0.1) is 22.7 Å². The Hall–Kier alpha value is -1.03. The van der Waals surface area contributed by atoms with Crippen molar-refractivity contribution in [3.63, 3.8) is 0 Å². The fourth-order valence-corrected chi connectivity index (χ4v) is 7.40. The molecule has 4 aliphatic rings. The lowest BCUT2D eigenvalue weighted by Gasteiger charge is -2.63. The zero-order valence-electron chi connectivity index (χ0n) is 14.8. The molecule has 0 N–H and O–H groups in total. The third kappa shape index (κ3) is 1.85. The van der Waals surface area contributed by atoms with Gasteiger partial charge in [0.05, 0.1) is 4.32 Å². The first-order valence-corrected chi connectivity index (χ1v) is 9.86. The Morgan fingerprint density at radius 2 is 1.92 bits per heavy atom. The molecule has 0 heterocycles. The van der Waals surface area contributed by atoms with Crippen molar-refractivity contribution >= 4 is 27.5 Å². The summed E-state index contributed by atoms with van der Waals surface area (Å²) in [5.41, 5.74) is 1.19. The molecule has 0 saturated heterocycles. The van der Waals surface area contributed by atoms with Crippen LogP contribution in [0.5, 0.6) is 0 Å². The van der Waals surface area contributed by atoms with Crippen molar-refractivity contribution in [1.82, 2.24) is 0 Å². The lowest BCUT2D eigenvalue weighted by molar-refractivity contribution is -0.132. The second-order valence-corrected chi connectivity index (χ2v) is 10.1. The highest BCUT2D eigenvalue weighted by Gasteiger charge is 2.71. The molecule has 0 aromatic heterocycles. The van der Waals surface area contributed by atoms with E-state index in [1.165, 1.54) is 0 Å². The van der Waals surface area contributed by atoms with E-state index in [4.69, 9.17) is 0 Å². The number of carbonyl (C=O) groups excluding carboxylic acids is 2. The molecule has 0 spiro atoms.